The maximum absolute atomic E-state index is 10.6. The summed E-state index contributed by atoms with van der Waals surface area (Å²) in [6.07, 6.45) is 5.46. The van der Waals surface area contributed by atoms with Gasteiger partial charge in [-0.05, 0) is 30.7 Å². The zero-order chi connectivity index (χ0) is 12.3. The normalized spacial score (nSPS) is 18.1. The molecule has 1 heteroatoms. The molecule has 1 atom stereocenters. The van der Waals surface area contributed by atoms with Crippen LogP contribution in [0, 0.1) is 5.92 Å². The topological polar surface area (TPSA) is 20.2 Å². The number of aliphatic hydroxyl groups is 1. The van der Waals surface area contributed by atoms with Crippen molar-refractivity contribution in [3.8, 4) is 0 Å². The van der Waals surface area contributed by atoms with Crippen molar-refractivity contribution in [2.75, 3.05) is 0 Å². The molecule has 0 aromatic heterocycles. The van der Waals surface area contributed by atoms with Gasteiger partial charge in [-0.1, -0.05) is 57.0 Å². The Bertz CT molecular complexity index is 336. The standard InChI is InChI=1S/C16H24O/c1-3-16(4-2,14-8-6-5-7-9-14)15(17)12-13-10-11-13/h5-9,13,15,17H,3-4,10-12H2,1-2H3. The second-order valence-corrected chi connectivity index (χ2v) is 5.42. The molecule has 1 aliphatic carbocycles. The summed E-state index contributed by atoms with van der Waals surface area (Å²) in [6.45, 7) is 4.40. The Balaban J connectivity index is 2.23. The third-order valence-corrected chi connectivity index (χ3v) is 4.50. The van der Waals surface area contributed by atoms with E-state index in [2.05, 4.69) is 38.1 Å². The fourth-order valence-corrected chi connectivity index (χ4v) is 2.99. The predicted octanol–water partition coefficient (Wildman–Crippen LogP) is 3.91. The number of aliphatic hydroxyl groups excluding tert-OH is 1. The molecule has 0 bridgehead atoms. The molecule has 1 unspecified atom stereocenters. The van der Waals surface area contributed by atoms with Crippen molar-refractivity contribution in [2.45, 2.75) is 57.5 Å². The molecule has 1 aromatic rings. The van der Waals surface area contributed by atoms with Crippen molar-refractivity contribution in [1.29, 1.82) is 0 Å². The lowest BCUT2D eigenvalue weighted by molar-refractivity contribution is 0.0607. The van der Waals surface area contributed by atoms with E-state index in [1.54, 1.807) is 0 Å². The third-order valence-electron chi connectivity index (χ3n) is 4.50. The first-order chi connectivity index (χ1) is 8.23. The van der Waals surface area contributed by atoms with Crippen molar-refractivity contribution in [3.05, 3.63) is 35.9 Å². The number of benzene rings is 1. The molecule has 1 fully saturated rings. The van der Waals surface area contributed by atoms with Crippen LogP contribution in [0.2, 0.25) is 0 Å². The molecule has 1 aromatic carbocycles. The Morgan fingerprint density at radius 1 is 1.18 bits per heavy atom. The summed E-state index contributed by atoms with van der Waals surface area (Å²) < 4.78 is 0. The van der Waals surface area contributed by atoms with E-state index in [9.17, 15) is 5.11 Å². The molecule has 0 heterocycles. The first-order valence-corrected chi connectivity index (χ1v) is 6.96. The Labute approximate surface area is 105 Å². The summed E-state index contributed by atoms with van der Waals surface area (Å²) in [7, 11) is 0. The summed E-state index contributed by atoms with van der Waals surface area (Å²) in [5, 5.41) is 10.6. The number of hydrogen-bond acceptors (Lipinski definition) is 1. The zero-order valence-corrected chi connectivity index (χ0v) is 11.0. The summed E-state index contributed by atoms with van der Waals surface area (Å²) in [6, 6.07) is 10.6. The van der Waals surface area contributed by atoms with Gasteiger partial charge in [0.15, 0.2) is 0 Å². The lowest BCUT2D eigenvalue weighted by Gasteiger charge is -2.37. The van der Waals surface area contributed by atoms with E-state index >= 15 is 0 Å². The minimum atomic E-state index is -0.188. The van der Waals surface area contributed by atoms with E-state index in [0.717, 1.165) is 25.2 Å². The van der Waals surface area contributed by atoms with Gasteiger partial charge in [-0.15, -0.1) is 0 Å². The third kappa shape index (κ3) is 2.55. The van der Waals surface area contributed by atoms with E-state index in [1.165, 1.54) is 18.4 Å². The van der Waals surface area contributed by atoms with Gasteiger partial charge in [0, 0.05) is 5.41 Å². The van der Waals surface area contributed by atoms with Crippen LogP contribution >= 0.6 is 0 Å². The highest BCUT2D eigenvalue weighted by atomic mass is 16.3. The van der Waals surface area contributed by atoms with Crippen LogP contribution in [0.4, 0.5) is 0 Å². The van der Waals surface area contributed by atoms with E-state index in [1.807, 2.05) is 6.07 Å². The lowest BCUT2D eigenvalue weighted by atomic mass is 9.70. The van der Waals surface area contributed by atoms with E-state index in [0.29, 0.717) is 0 Å². The van der Waals surface area contributed by atoms with Gasteiger partial charge in [0.05, 0.1) is 6.10 Å². The van der Waals surface area contributed by atoms with Crippen LogP contribution in [0.25, 0.3) is 0 Å². The van der Waals surface area contributed by atoms with Crippen LogP contribution in [-0.2, 0) is 5.41 Å². The Hall–Kier alpha value is -0.820. The average molecular weight is 232 g/mol. The molecule has 0 radical (unpaired) electrons. The Morgan fingerprint density at radius 2 is 1.76 bits per heavy atom. The Morgan fingerprint density at radius 3 is 2.24 bits per heavy atom. The second-order valence-electron chi connectivity index (χ2n) is 5.42. The van der Waals surface area contributed by atoms with Crippen molar-refractivity contribution < 1.29 is 5.11 Å². The number of hydrogen-bond donors (Lipinski definition) is 1. The van der Waals surface area contributed by atoms with Gasteiger partial charge < -0.3 is 5.11 Å². The average Bonchev–Trinajstić information content (AvgIpc) is 3.17. The highest BCUT2D eigenvalue weighted by Crippen LogP contribution is 2.42. The molecule has 0 saturated heterocycles. The number of rotatable bonds is 6. The van der Waals surface area contributed by atoms with Crippen molar-refractivity contribution >= 4 is 0 Å². The molecular formula is C16H24O. The second kappa shape index (κ2) is 5.22. The van der Waals surface area contributed by atoms with Crippen molar-refractivity contribution in [3.63, 3.8) is 0 Å². The molecule has 1 aliphatic rings. The maximum Gasteiger partial charge on any atom is 0.0639 e. The monoisotopic (exact) mass is 232 g/mol. The van der Waals surface area contributed by atoms with Crippen LogP contribution in [0.3, 0.4) is 0 Å². The molecule has 2 rings (SSSR count). The molecule has 1 nitrogen and oxygen atoms in total. The summed E-state index contributed by atoms with van der Waals surface area (Å²) in [5.74, 6) is 0.784. The Kier molecular flexibility index (Phi) is 3.88. The molecule has 1 saturated carbocycles. The first-order valence-electron chi connectivity index (χ1n) is 6.96. The van der Waals surface area contributed by atoms with Gasteiger partial charge in [0.2, 0.25) is 0 Å². The molecule has 0 aliphatic heterocycles. The molecule has 17 heavy (non-hydrogen) atoms. The molecular weight excluding hydrogens is 208 g/mol. The van der Waals surface area contributed by atoms with Crippen molar-refractivity contribution in [2.24, 2.45) is 5.92 Å². The zero-order valence-electron chi connectivity index (χ0n) is 11.0. The van der Waals surface area contributed by atoms with E-state index in [-0.39, 0.29) is 11.5 Å². The highest BCUT2D eigenvalue weighted by Gasteiger charge is 2.39. The van der Waals surface area contributed by atoms with Crippen molar-refractivity contribution in [1.82, 2.24) is 0 Å². The molecule has 94 valence electrons. The largest absolute Gasteiger partial charge is 0.392 e. The van der Waals surface area contributed by atoms with Gasteiger partial charge in [-0.2, -0.15) is 0 Å². The van der Waals surface area contributed by atoms with Gasteiger partial charge in [0.25, 0.3) is 0 Å². The summed E-state index contributed by atoms with van der Waals surface area (Å²) in [4.78, 5) is 0. The predicted molar refractivity (Wildman–Crippen MR) is 72.0 cm³/mol. The maximum atomic E-state index is 10.6. The van der Waals surface area contributed by atoms with Crippen LogP contribution in [0.15, 0.2) is 30.3 Å². The summed E-state index contributed by atoms with van der Waals surface area (Å²) >= 11 is 0. The fraction of sp³-hybridized carbons (Fsp3) is 0.625. The van der Waals surface area contributed by atoms with Crippen LogP contribution in [0.1, 0.15) is 51.5 Å². The van der Waals surface area contributed by atoms with Crippen LogP contribution in [0.5, 0.6) is 0 Å². The lowest BCUT2D eigenvalue weighted by Crippen LogP contribution is -2.39. The van der Waals surface area contributed by atoms with Crippen LogP contribution < -0.4 is 0 Å². The van der Waals surface area contributed by atoms with Gasteiger partial charge >= 0.3 is 0 Å². The highest BCUT2D eigenvalue weighted by molar-refractivity contribution is 5.27. The fourth-order valence-electron chi connectivity index (χ4n) is 2.99. The van der Waals surface area contributed by atoms with Gasteiger partial charge in [-0.3, -0.25) is 0 Å². The first kappa shape index (κ1) is 12.6. The molecule has 0 amide bonds. The molecule has 0 spiro atoms. The smallest absolute Gasteiger partial charge is 0.0639 e. The van der Waals surface area contributed by atoms with Gasteiger partial charge in [-0.25, -0.2) is 0 Å². The minimum Gasteiger partial charge on any atom is -0.392 e. The summed E-state index contributed by atoms with van der Waals surface area (Å²) in [5.41, 5.74) is 1.27. The van der Waals surface area contributed by atoms with E-state index in [4.69, 9.17) is 0 Å². The van der Waals surface area contributed by atoms with Crippen LogP contribution in [-0.4, -0.2) is 11.2 Å². The van der Waals surface area contributed by atoms with Gasteiger partial charge in [0.1, 0.15) is 0 Å². The quantitative estimate of drug-likeness (QED) is 0.788. The van der Waals surface area contributed by atoms with E-state index < -0.39 is 0 Å². The minimum absolute atomic E-state index is 0.0378. The SMILES string of the molecule is CCC(CC)(c1ccccc1)C(O)CC1CC1. The molecule has 1 N–H and O–H groups in total.